The van der Waals surface area contributed by atoms with Crippen molar-refractivity contribution in [2.45, 2.75) is 64.7 Å². The Morgan fingerprint density at radius 3 is 1.48 bits per heavy atom. The summed E-state index contributed by atoms with van der Waals surface area (Å²) in [5.74, 6) is 0. The quantitative estimate of drug-likeness (QED) is 0.161. The van der Waals surface area contributed by atoms with E-state index in [-0.39, 0.29) is 16.2 Å². The van der Waals surface area contributed by atoms with Crippen LogP contribution in [0.1, 0.15) is 76.3 Å². The maximum atomic E-state index is 2.58. The lowest BCUT2D eigenvalue weighted by molar-refractivity contribution is 0.591. The number of hydrogen-bond donors (Lipinski definition) is 0. The summed E-state index contributed by atoms with van der Waals surface area (Å²) in [6.45, 7) is 16.6. The van der Waals surface area contributed by atoms with Crippen molar-refractivity contribution in [3.8, 4) is 44.5 Å². The van der Waals surface area contributed by atoms with Crippen LogP contribution in [0.25, 0.3) is 76.8 Å². The fourth-order valence-electron chi connectivity index (χ4n) is 9.76. The van der Waals surface area contributed by atoms with Gasteiger partial charge in [0.2, 0.25) is 0 Å². The van der Waals surface area contributed by atoms with Crippen LogP contribution in [0, 0.1) is 0 Å². The fourth-order valence-corrected chi connectivity index (χ4v) is 9.76. The molecule has 0 heterocycles. The summed E-state index contributed by atoms with van der Waals surface area (Å²) >= 11 is 0. The molecule has 0 radical (unpaired) electrons. The summed E-state index contributed by atoms with van der Waals surface area (Å²) in [6.07, 6.45) is 0. The Morgan fingerprint density at radius 1 is 0.365 bits per heavy atom. The second kappa shape index (κ2) is 10.5. The van der Waals surface area contributed by atoms with Crippen molar-refractivity contribution in [2.75, 3.05) is 0 Å². The first-order chi connectivity index (χ1) is 24.9. The molecular weight excluding hydrogens is 625 g/mol. The van der Waals surface area contributed by atoms with E-state index < -0.39 is 0 Å². The minimum atomic E-state index is -0.169. The summed E-state index contributed by atoms with van der Waals surface area (Å²) in [6, 6.07) is 53.2. The topological polar surface area (TPSA) is 0 Å². The third-order valence-electron chi connectivity index (χ3n) is 12.6. The van der Waals surface area contributed by atoms with E-state index in [1.54, 1.807) is 0 Å². The number of rotatable bonds is 2. The third-order valence-corrected chi connectivity index (χ3v) is 12.6. The zero-order valence-electron chi connectivity index (χ0n) is 31.3. The van der Waals surface area contributed by atoms with Crippen molar-refractivity contribution in [3.63, 3.8) is 0 Å². The molecule has 0 spiro atoms. The molecule has 0 N–H and O–H groups in total. The van der Waals surface area contributed by atoms with Crippen LogP contribution >= 0.6 is 0 Å². The highest BCUT2D eigenvalue weighted by Crippen LogP contribution is 2.59. The Hall–Kier alpha value is -5.46. The van der Waals surface area contributed by atoms with Gasteiger partial charge in [0.25, 0.3) is 0 Å². The van der Waals surface area contributed by atoms with Crippen molar-refractivity contribution in [1.29, 1.82) is 0 Å². The molecule has 2 aliphatic carbocycles. The normalized spacial score (nSPS) is 15.1. The van der Waals surface area contributed by atoms with E-state index in [0.717, 1.165) is 0 Å². The van der Waals surface area contributed by atoms with Crippen LogP contribution in [0.4, 0.5) is 0 Å². The molecule has 0 unspecified atom stereocenters. The van der Waals surface area contributed by atoms with E-state index in [2.05, 4.69) is 188 Å². The van der Waals surface area contributed by atoms with Crippen LogP contribution in [0.5, 0.6) is 0 Å². The summed E-state index contributed by atoms with van der Waals surface area (Å²) in [4.78, 5) is 0. The molecule has 0 saturated heterocycles. The van der Waals surface area contributed by atoms with Crippen LogP contribution in [-0.4, -0.2) is 0 Å². The molecule has 0 aliphatic heterocycles. The van der Waals surface area contributed by atoms with E-state index in [1.807, 2.05) is 0 Å². The molecule has 10 rings (SSSR count). The van der Waals surface area contributed by atoms with Crippen LogP contribution in [0.3, 0.4) is 0 Å². The third kappa shape index (κ3) is 4.21. The molecule has 8 aromatic carbocycles. The molecule has 0 bridgehead atoms. The van der Waals surface area contributed by atoms with Crippen molar-refractivity contribution < 1.29 is 0 Å². The molecule has 2 aliphatic rings. The smallest absolute Gasteiger partial charge is 0.0159 e. The Kier molecular flexibility index (Phi) is 6.35. The number of benzene rings is 8. The largest absolute Gasteiger partial charge is 0.0622 e. The zero-order valence-corrected chi connectivity index (χ0v) is 31.3. The monoisotopic (exact) mass is 668 g/mol. The van der Waals surface area contributed by atoms with E-state index in [9.17, 15) is 0 Å². The average Bonchev–Trinajstić information content (AvgIpc) is 3.50. The van der Waals surface area contributed by atoms with E-state index >= 15 is 0 Å². The molecule has 0 heteroatoms. The number of hydrogen-bond acceptors (Lipinski definition) is 0. The lowest BCUT2D eigenvalue weighted by Crippen LogP contribution is -2.17. The predicted molar refractivity (Wildman–Crippen MR) is 224 cm³/mol. The van der Waals surface area contributed by atoms with Gasteiger partial charge in [-0.05, 0) is 134 Å². The minimum absolute atomic E-state index is 0.105. The summed E-state index contributed by atoms with van der Waals surface area (Å²) in [7, 11) is 0. The summed E-state index contributed by atoms with van der Waals surface area (Å²) in [5, 5.41) is 7.93. The van der Waals surface area contributed by atoms with Gasteiger partial charge in [-0.15, -0.1) is 0 Å². The van der Waals surface area contributed by atoms with Crippen LogP contribution in [0.15, 0.2) is 140 Å². The van der Waals surface area contributed by atoms with Crippen molar-refractivity contribution in [3.05, 3.63) is 167 Å². The second-order valence-corrected chi connectivity index (χ2v) is 17.3. The maximum absolute atomic E-state index is 2.58. The van der Waals surface area contributed by atoms with Gasteiger partial charge < -0.3 is 0 Å². The van der Waals surface area contributed by atoms with Gasteiger partial charge in [-0.3, -0.25) is 0 Å². The Bertz CT molecular complexity index is 2790. The molecule has 0 atom stereocenters. The van der Waals surface area contributed by atoms with Crippen molar-refractivity contribution in [1.82, 2.24) is 0 Å². The van der Waals surface area contributed by atoms with Gasteiger partial charge in [-0.25, -0.2) is 0 Å². The molecule has 0 fully saturated rings. The number of fused-ring (bicyclic) bond motifs is 10. The van der Waals surface area contributed by atoms with Crippen LogP contribution < -0.4 is 0 Å². The minimum Gasteiger partial charge on any atom is -0.0622 e. The highest BCUT2D eigenvalue weighted by atomic mass is 14.5. The first-order valence-corrected chi connectivity index (χ1v) is 18.9. The average molecular weight is 669 g/mol. The second-order valence-electron chi connectivity index (χ2n) is 17.3. The van der Waals surface area contributed by atoms with Crippen molar-refractivity contribution in [2.24, 2.45) is 0 Å². The molecule has 0 nitrogen and oxygen atoms in total. The van der Waals surface area contributed by atoms with Gasteiger partial charge in [-0.2, -0.15) is 0 Å². The summed E-state index contributed by atoms with van der Waals surface area (Å²) < 4.78 is 0. The van der Waals surface area contributed by atoms with Crippen LogP contribution in [0.2, 0.25) is 0 Å². The maximum Gasteiger partial charge on any atom is 0.0159 e. The molecule has 52 heavy (non-hydrogen) atoms. The first kappa shape index (κ1) is 31.3. The first-order valence-electron chi connectivity index (χ1n) is 18.9. The van der Waals surface area contributed by atoms with Gasteiger partial charge in [0, 0.05) is 10.8 Å². The van der Waals surface area contributed by atoms with Gasteiger partial charge in [0.05, 0.1) is 0 Å². The van der Waals surface area contributed by atoms with Gasteiger partial charge in [0.1, 0.15) is 0 Å². The molecule has 252 valence electrons. The highest BCUT2D eigenvalue weighted by molar-refractivity contribution is 6.22. The molecule has 0 amide bonds. The lowest BCUT2D eigenvalue weighted by atomic mass is 9.78. The standard InChI is InChI=1S/C52H44/c1-50(2,3)34-23-24-35-33(26-34)22-25-43-49(35)42-30-45-39(28-46(42)51(43,4)5)38-27-40-41(29-44(38)52(45,6)7)48(32-18-12-9-13-19-32)37-21-15-14-20-36(37)47(40)31-16-10-8-11-17-31/h8-30H,1-7H3. The predicted octanol–water partition coefficient (Wildman–Crippen LogP) is 14.4. The zero-order chi connectivity index (χ0) is 35.7. The van der Waals surface area contributed by atoms with Gasteiger partial charge >= 0.3 is 0 Å². The van der Waals surface area contributed by atoms with E-state index in [0.29, 0.717) is 0 Å². The SMILES string of the molecule is CC(C)(C)c1ccc2c3c(ccc2c1)C(C)(C)c1cc2c(cc1-3)C(C)(C)c1cc3c(-c4ccccc4)c4ccccc4c(-c4ccccc4)c3cc1-2. The molecular formula is C52H44. The Morgan fingerprint density at radius 2 is 0.865 bits per heavy atom. The highest BCUT2D eigenvalue weighted by Gasteiger charge is 2.42. The van der Waals surface area contributed by atoms with Crippen LogP contribution in [-0.2, 0) is 16.2 Å². The lowest BCUT2D eigenvalue weighted by Gasteiger charge is -2.25. The molecule has 0 aromatic heterocycles. The van der Waals surface area contributed by atoms with E-state index in [4.69, 9.17) is 0 Å². The molecule has 8 aromatic rings. The van der Waals surface area contributed by atoms with Gasteiger partial charge in [-0.1, -0.05) is 164 Å². The van der Waals surface area contributed by atoms with Crippen molar-refractivity contribution >= 4 is 32.3 Å². The summed E-state index contributed by atoms with van der Waals surface area (Å²) in [5.41, 5.74) is 17.6. The molecule has 0 saturated carbocycles. The van der Waals surface area contributed by atoms with E-state index in [1.165, 1.54) is 105 Å². The van der Waals surface area contributed by atoms with Gasteiger partial charge in [0.15, 0.2) is 0 Å². The Labute approximate surface area is 307 Å². The fraction of sp³-hybridized carbons (Fsp3) is 0.192. The Balaban J connectivity index is 1.28.